The number of pyridine rings is 1. The smallest absolute Gasteiger partial charge is 0.417 e. The number of ether oxygens (including phenoxy) is 1. The van der Waals surface area contributed by atoms with Crippen molar-refractivity contribution in [3.05, 3.63) is 53.3 Å². The molecular weight excluding hydrogens is 433 g/mol. The summed E-state index contributed by atoms with van der Waals surface area (Å²) in [6, 6.07) is 7.24. The molecule has 6 nitrogen and oxygen atoms in total. The first-order valence-corrected chi connectivity index (χ1v) is 10.2. The molecule has 0 spiro atoms. The highest BCUT2D eigenvalue weighted by Crippen LogP contribution is 2.30. The number of nitrogens with zero attached hydrogens (tertiary/aromatic N) is 1. The van der Waals surface area contributed by atoms with Gasteiger partial charge in [0.1, 0.15) is 6.10 Å². The Hall–Kier alpha value is -2.94. The molecule has 4 rings (SSSR count). The molecule has 2 heterocycles. The van der Waals surface area contributed by atoms with Gasteiger partial charge in [-0.1, -0.05) is 11.6 Å². The number of benzene rings is 1. The summed E-state index contributed by atoms with van der Waals surface area (Å²) in [6.45, 7) is 0. The molecule has 1 aromatic carbocycles. The van der Waals surface area contributed by atoms with Gasteiger partial charge in [0.15, 0.2) is 0 Å². The number of alkyl halides is 3. The number of nitrogens with one attached hydrogen (secondary N) is 3. The second-order valence-corrected chi connectivity index (χ2v) is 7.90. The summed E-state index contributed by atoms with van der Waals surface area (Å²) in [5.74, 6) is 0.167. The van der Waals surface area contributed by atoms with E-state index in [1.165, 1.54) is 6.07 Å². The Kier molecular flexibility index (Phi) is 5.95. The maximum absolute atomic E-state index is 12.6. The summed E-state index contributed by atoms with van der Waals surface area (Å²) in [7, 11) is 0. The summed E-state index contributed by atoms with van der Waals surface area (Å²) >= 11 is 6.03. The second kappa shape index (κ2) is 8.66. The van der Waals surface area contributed by atoms with Crippen LogP contribution in [0.25, 0.3) is 10.9 Å². The average molecular weight is 453 g/mol. The van der Waals surface area contributed by atoms with Crippen LogP contribution in [-0.4, -0.2) is 28.1 Å². The van der Waals surface area contributed by atoms with Gasteiger partial charge in [-0.2, -0.15) is 13.2 Å². The van der Waals surface area contributed by atoms with Crippen molar-refractivity contribution < 1.29 is 22.7 Å². The average Bonchev–Trinajstić information content (AvgIpc) is 3.11. The number of aromatic nitrogens is 2. The van der Waals surface area contributed by atoms with Crippen LogP contribution in [0.5, 0.6) is 5.88 Å². The molecule has 0 bridgehead atoms. The van der Waals surface area contributed by atoms with Gasteiger partial charge < -0.3 is 20.4 Å². The minimum Gasteiger partial charge on any atom is -0.474 e. The van der Waals surface area contributed by atoms with Crippen LogP contribution >= 0.6 is 11.6 Å². The number of hydrogen-bond acceptors (Lipinski definition) is 3. The largest absolute Gasteiger partial charge is 0.474 e. The predicted molar refractivity (Wildman–Crippen MR) is 111 cm³/mol. The monoisotopic (exact) mass is 452 g/mol. The standard InChI is InChI=1S/C21H20ClF3N4O2/c22-13-2-7-17-16(9-13)18(11-26-17)29-20(30)28-14-3-5-15(6-4-14)31-19-8-1-12(10-27-19)21(23,24)25/h1-2,7-11,14-15,26H,3-6H2,(H2,28,29,30)/t14-,15-. The van der Waals surface area contributed by atoms with Crippen molar-refractivity contribution in [2.75, 3.05) is 5.32 Å². The number of fused-ring (bicyclic) bond motifs is 1. The number of urea groups is 1. The van der Waals surface area contributed by atoms with Crippen LogP contribution in [0.4, 0.5) is 23.7 Å². The van der Waals surface area contributed by atoms with Crippen LogP contribution in [0.1, 0.15) is 31.2 Å². The number of amides is 2. The van der Waals surface area contributed by atoms with E-state index in [2.05, 4.69) is 20.6 Å². The minimum absolute atomic E-state index is 0.0193. The Morgan fingerprint density at radius 1 is 1.16 bits per heavy atom. The van der Waals surface area contributed by atoms with E-state index in [4.69, 9.17) is 16.3 Å². The first kappa shape index (κ1) is 21.3. The molecular formula is C21H20ClF3N4O2. The third-order valence-corrected chi connectivity index (χ3v) is 5.49. The Balaban J connectivity index is 1.26. The van der Waals surface area contributed by atoms with E-state index in [1.54, 1.807) is 18.3 Å². The molecule has 0 saturated heterocycles. The van der Waals surface area contributed by atoms with Gasteiger partial charge in [-0.3, -0.25) is 0 Å². The molecule has 1 fully saturated rings. The molecule has 1 aliphatic rings. The van der Waals surface area contributed by atoms with Gasteiger partial charge in [-0.25, -0.2) is 9.78 Å². The van der Waals surface area contributed by atoms with Gasteiger partial charge in [0, 0.05) is 40.4 Å². The quantitative estimate of drug-likeness (QED) is 0.471. The van der Waals surface area contributed by atoms with Gasteiger partial charge in [-0.05, 0) is 49.9 Å². The zero-order valence-electron chi connectivity index (χ0n) is 16.3. The van der Waals surface area contributed by atoms with E-state index in [9.17, 15) is 18.0 Å². The molecule has 2 aromatic heterocycles. The molecule has 0 unspecified atom stereocenters. The Morgan fingerprint density at radius 2 is 1.94 bits per heavy atom. The molecule has 0 radical (unpaired) electrons. The molecule has 1 aliphatic carbocycles. The van der Waals surface area contributed by atoms with E-state index in [0.29, 0.717) is 36.4 Å². The molecule has 164 valence electrons. The van der Waals surface area contributed by atoms with Crippen molar-refractivity contribution in [3.63, 3.8) is 0 Å². The topological polar surface area (TPSA) is 79.0 Å². The van der Waals surface area contributed by atoms with E-state index in [-0.39, 0.29) is 24.1 Å². The third kappa shape index (κ3) is 5.22. The van der Waals surface area contributed by atoms with Gasteiger partial charge in [0.25, 0.3) is 0 Å². The SMILES string of the molecule is O=C(Nc1c[nH]c2ccc(Cl)cc12)N[C@H]1CC[C@H](Oc2ccc(C(F)(F)F)cn2)CC1. The number of carbonyl (C=O) groups excluding carboxylic acids is 1. The number of rotatable bonds is 4. The van der Waals surface area contributed by atoms with Crippen LogP contribution in [0, 0.1) is 0 Å². The molecule has 0 atom stereocenters. The lowest BCUT2D eigenvalue weighted by Crippen LogP contribution is -2.41. The highest BCUT2D eigenvalue weighted by atomic mass is 35.5. The lowest BCUT2D eigenvalue weighted by atomic mass is 9.93. The van der Waals surface area contributed by atoms with Gasteiger partial charge in [-0.15, -0.1) is 0 Å². The molecule has 10 heteroatoms. The summed E-state index contributed by atoms with van der Waals surface area (Å²) in [5, 5.41) is 7.19. The van der Waals surface area contributed by atoms with Crippen LogP contribution in [0.3, 0.4) is 0 Å². The second-order valence-electron chi connectivity index (χ2n) is 7.47. The van der Waals surface area contributed by atoms with E-state index >= 15 is 0 Å². The van der Waals surface area contributed by atoms with E-state index < -0.39 is 11.7 Å². The zero-order valence-corrected chi connectivity index (χ0v) is 17.1. The van der Waals surface area contributed by atoms with Crippen molar-refractivity contribution in [2.24, 2.45) is 0 Å². The predicted octanol–water partition coefficient (Wildman–Crippen LogP) is 5.75. The molecule has 3 aromatic rings. The maximum Gasteiger partial charge on any atom is 0.417 e. The fraction of sp³-hybridized carbons (Fsp3) is 0.333. The number of aromatic amines is 1. The third-order valence-electron chi connectivity index (χ3n) is 5.25. The van der Waals surface area contributed by atoms with Crippen molar-refractivity contribution >= 4 is 34.2 Å². The number of hydrogen-bond donors (Lipinski definition) is 3. The van der Waals surface area contributed by atoms with E-state index in [1.807, 2.05) is 6.07 Å². The number of halogens is 4. The molecule has 1 saturated carbocycles. The zero-order chi connectivity index (χ0) is 22.0. The van der Waals surface area contributed by atoms with Gasteiger partial charge >= 0.3 is 12.2 Å². The molecule has 2 amide bonds. The highest BCUT2D eigenvalue weighted by molar-refractivity contribution is 6.31. The lowest BCUT2D eigenvalue weighted by Gasteiger charge is -2.29. The van der Waals surface area contributed by atoms with E-state index in [0.717, 1.165) is 23.2 Å². The highest BCUT2D eigenvalue weighted by Gasteiger charge is 2.31. The normalized spacial score (nSPS) is 19.2. The number of carbonyl (C=O) groups is 1. The lowest BCUT2D eigenvalue weighted by molar-refractivity contribution is -0.137. The minimum atomic E-state index is -4.42. The maximum atomic E-state index is 12.6. The molecule has 3 N–H and O–H groups in total. The van der Waals surface area contributed by atoms with Crippen LogP contribution in [0.2, 0.25) is 5.02 Å². The Labute approximate surface area is 181 Å². The molecule has 0 aliphatic heterocycles. The summed E-state index contributed by atoms with van der Waals surface area (Å²) in [4.78, 5) is 19.2. The Morgan fingerprint density at radius 3 is 2.61 bits per heavy atom. The van der Waals surface area contributed by atoms with Crippen molar-refractivity contribution in [1.29, 1.82) is 0 Å². The molecule has 31 heavy (non-hydrogen) atoms. The van der Waals surface area contributed by atoms with Crippen LogP contribution in [-0.2, 0) is 6.18 Å². The van der Waals surface area contributed by atoms with Gasteiger partial charge in [0.2, 0.25) is 5.88 Å². The fourth-order valence-corrected chi connectivity index (χ4v) is 3.83. The summed E-state index contributed by atoms with van der Waals surface area (Å²) < 4.78 is 43.5. The first-order chi connectivity index (χ1) is 14.8. The van der Waals surface area contributed by atoms with Gasteiger partial charge in [0.05, 0.1) is 11.3 Å². The Bertz CT molecular complexity index is 1060. The number of H-pyrrole nitrogens is 1. The first-order valence-electron chi connectivity index (χ1n) is 9.82. The summed E-state index contributed by atoms with van der Waals surface area (Å²) in [6.07, 6.45) is 0.618. The van der Waals surface area contributed by atoms with Crippen molar-refractivity contribution in [2.45, 2.75) is 44.0 Å². The van der Waals surface area contributed by atoms with Crippen molar-refractivity contribution in [1.82, 2.24) is 15.3 Å². The van der Waals surface area contributed by atoms with Crippen LogP contribution < -0.4 is 15.4 Å². The van der Waals surface area contributed by atoms with Crippen molar-refractivity contribution in [3.8, 4) is 5.88 Å². The summed E-state index contributed by atoms with van der Waals surface area (Å²) in [5.41, 5.74) is 0.700. The fourth-order valence-electron chi connectivity index (χ4n) is 3.65. The van der Waals surface area contributed by atoms with Crippen LogP contribution in [0.15, 0.2) is 42.7 Å². The number of anilines is 1.